The van der Waals surface area contributed by atoms with E-state index in [0.29, 0.717) is 12.0 Å². The van der Waals surface area contributed by atoms with E-state index < -0.39 is 15.8 Å². The molecule has 0 aliphatic rings. The van der Waals surface area contributed by atoms with Gasteiger partial charge < -0.3 is 4.74 Å². The van der Waals surface area contributed by atoms with E-state index in [0.717, 1.165) is 10.4 Å². The van der Waals surface area contributed by atoms with E-state index in [9.17, 15) is 17.6 Å². The lowest BCUT2D eigenvalue weighted by molar-refractivity contribution is -0.140. The number of hydrogen-bond acceptors (Lipinski definition) is 4. The largest absolute Gasteiger partial charge is 0.469 e. The van der Waals surface area contributed by atoms with Gasteiger partial charge in [0.1, 0.15) is 5.82 Å². The number of halogens is 1. The molecule has 0 aliphatic heterocycles. The summed E-state index contributed by atoms with van der Waals surface area (Å²) in [5, 5.41) is 0. The molecule has 0 N–H and O–H groups in total. The molecule has 0 radical (unpaired) electrons. The standard InChI is InChI=1S/C13H18FNO4S/c1-10-9-11(14)6-7-12(10)20(17,18)15(2)8-4-5-13(16)19-3/h6-7,9H,4-5,8H2,1-3H3. The van der Waals surface area contributed by atoms with Gasteiger partial charge in [0.25, 0.3) is 0 Å². The molecule has 0 amide bonds. The third-order valence-electron chi connectivity index (χ3n) is 2.91. The molecule has 0 heterocycles. The number of rotatable bonds is 6. The minimum absolute atomic E-state index is 0.0690. The Balaban J connectivity index is 2.79. The number of methoxy groups -OCH3 is 1. The van der Waals surface area contributed by atoms with Gasteiger partial charge in [0.2, 0.25) is 10.0 Å². The zero-order valence-electron chi connectivity index (χ0n) is 11.7. The van der Waals surface area contributed by atoms with Crippen LogP contribution < -0.4 is 0 Å². The molecule has 1 aromatic carbocycles. The second-order valence-electron chi connectivity index (χ2n) is 4.42. The molecule has 5 nitrogen and oxygen atoms in total. The molecule has 0 aromatic heterocycles. The van der Waals surface area contributed by atoms with E-state index >= 15 is 0 Å². The molecule has 20 heavy (non-hydrogen) atoms. The van der Waals surface area contributed by atoms with Crippen molar-refractivity contribution < 1.29 is 22.3 Å². The summed E-state index contributed by atoms with van der Waals surface area (Å²) in [6.07, 6.45) is 0.515. The number of hydrogen-bond donors (Lipinski definition) is 0. The molecule has 1 aromatic rings. The summed E-state index contributed by atoms with van der Waals surface area (Å²) in [7, 11) is -0.968. The van der Waals surface area contributed by atoms with Crippen LogP contribution in [0.5, 0.6) is 0 Å². The number of aryl methyl sites for hydroxylation is 1. The van der Waals surface area contributed by atoms with Crippen molar-refractivity contribution in [2.75, 3.05) is 20.7 Å². The maximum atomic E-state index is 13.0. The van der Waals surface area contributed by atoms with E-state index in [4.69, 9.17) is 0 Å². The lowest BCUT2D eigenvalue weighted by Crippen LogP contribution is -2.29. The van der Waals surface area contributed by atoms with E-state index in [-0.39, 0.29) is 23.8 Å². The van der Waals surface area contributed by atoms with Crippen LogP contribution in [0.15, 0.2) is 23.1 Å². The highest BCUT2D eigenvalue weighted by molar-refractivity contribution is 7.89. The number of carbonyl (C=O) groups is 1. The predicted molar refractivity (Wildman–Crippen MR) is 72.2 cm³/mol. The Kier molecular flexibility index (Phi) is 5.64. The normalized spacial score (nSPS) is 11.7. The lowest BCUT2D eigenvalue weighted by Gasteiger charge is -2.18. The molecule has 0 unspecified atom stereocenters. The van der Waals surface area contributed by atoms with E-state index in [1.807, 2.05) is 0 Å². The number of benzene rings is 1. The number of sulfonamides is 1. The first-order chi connectivity index (χ1) is 9.28. The molecule has 0 saturated heterocycles. The first kappa shape index (κ1) is 16.6. The minimum atomic E-state index is -3.68. The molecular formula is C13H18FNO4S. The highest BCUT2D eigenvalue weighted by atomic mass is 32.2. The van der Waals surface area contributed by atoms with Gasteiger partial charge in [-0.2, -0.15) is 0 Å². The quantitative estimate of drug-likeness (QED) is 0.751. The van der Waals surface area contributed by atoms with Crippen molar-refractivity contribution in [3.05, 3.63) is 29.6 Å². The van der Waals surface area contributed by atoms with Crippen molar-refractivity contribution in [3.8, 4) is 0 Å². The summed E-state index contributed by atoms with van der Waals surface area (Å²) >= 11 is 0. The van der Waals surface area contributed by atoms with Crippen LogP contribution in [0.3, 0.4) is 0 Å². The maximum Gasteiger partial charge on any atom is 0.305 e. The van der Waals surface area contributed by atoms with E-state index in [1.165, 1.54) is 33.2 Å². The molecule has 0 bridgehead atoms. The number of esters is 1. The molecule has 7 heteroatoms. The van der Waals surface area contributed by atoms with E-state index in [1.54, 1.807) is 0 Å². The third-order valence-corrected chi connectivity index (χ3v) is 4.92. The Morgan fingerprint density at radius 2 is 2.05 bits per heavy atom. The van der Waals surface area contributed by atoms with Gasteiger partial charge in [-0.15, -0.1) is 0 Å². The fourth-order valence-corrected chi connectivity index (χ4v) is 3.15. The van der Waals surface area contributed by atoms with Crippen LogP contribution in [-0.4, -0.2) is 39.4 Å². The molecule has 0 aliphatic carbocycles. The monoisotopic (exact) mass is 303 g/mol. The van der Waals surface area contributed by atoms with Gasteiger partial charge in [0, 0.05) is 20.0 Å². The summed E-state index contributed by atoms with van der Waals surface area (Å²) in [5.41, 5.74) is 0.352. The molecule has 0 saturated carbocycles. The van der Waals surface area contributed by atoms with Crippen LogP contribution in [0.2, 0.25) is 0 Å². The van der Waals surface area contributed by atoms with Crippen molar-refractivity contribution in [1.29, 1.82) is 0 Å². The highest BCUT2D eigenvalue weighted by Crippen LogP contribution is 2.20. The van der Waals surface area contributed by atoms with Crippen LogP contribution in [0.1, 0.15) is 18.4 Å². The zero-order chi connectivity index (χ0) is 15.3. The molecule has 0 atom stereocenters. The fourth-order valence-electron chi connectivity index (χ4n) is 1.74. The van der Waals surface area contributed by atoms with Crippen LogP contribution in [0, 0.1) is 12.7 Å². The van der Waals surface area contributed by atoms with Crippen LogP contribution in [0.4, 0.5) is 4.39 Å². The summed E-state index contributed by atoms with van der Waals surface area (Å²) in [6.45, 7) is 1.73. The van der Waals surface area contributed by atoms with Crippen molar-refractivity contribution >= 4 is 16.0 Å². The van der Waals surface area contributed by atoms with Gasteiger partial charge in [0.15, 0.2) is 0 Å². The van der Waals surface area contributed by atoms with Crippen LogP contribution >= 0.6 is 0 Å². The van der Waals surface area contributed by atoms with Crippen molar-refractivity contribution in [2.45, 2.75) is 24.7 Å². The first-order valence-electron chi connectivity index (χ1n) is 6.08. The summed E-state index contributed by atoms with van der Waals surface area (Å²) < 4.78 is 43.2. The Bertz CT molecular complexity index is 586. The van der Waals surface area contributed by atoms with Gasteiger partial charge in [-0.1, -0.05) is 0 Å². The van der Waals surface area contributed by atoms with Crippen LogP contribution in [0.25, 0.3) is 0 Å². The molecular weight excluding hydrogens is 285 g/mol. The summed E-state index contributed by atoms with van der Waals surface area (Å²) in [5.74, 6) is -0.858. The lowest BCUT2D eigenvalue weighted by atomic mass is 10.2. The van der Waals surface area contributed by atoms with Gasteiger partial charge in [-0.25, -0.2) is 17.1 Å². The number of ether oxygens (including phenoxy) is 1. The number of nitrogens with zero attached hydrogens (tertiary/aromatic N) is 1. The fraction of sp³-hybridized carbons (Fsp3) is 0.462. The van der Waals surface area contributed by atoms with Gasteiger partial charge in [0.05, 0.1) is 12.0 Å². The molecule has 0 spiro atoms. The summed E-state index contributed by atoms with van der Waals surface area (Å²) in [4.78, 5) is 11.0. The Morgan fingerprint density at radius 1 is 1.40 bits per heavy atom. The van der Waals surface area contributed by atoms with E-state index in [2.05, 4.69) is 4.74 Å². The maximum absolute atomic E-state index is 13.0. The Morgan fingerprint density at radius 3 is 2.60 bits per heavy atom. The first-order valence-corrected chi connectivity index (χ1v) is 7.52. The SMILES string of the molecule is COC(=O)CCCN(C)S(=O)(=O)c1ccc(F)cc1C. The van der Waals surface area contributed by atoms with Gasteiger partial charge in [-0.3, -0.25) is 4.79 Å². The second kappa shape index (κ2) is 6.81. The minimum Gasteiger partial charge on any atom is -0.469 e. The molecule has 0 fully saturated rings. The topological polar surface area (TPSA) is 63.7 Å². The van der Waals surface area contributed by atoms with Gasteiger partial charge >= 0.3 is 5.97 Å². The third kappa shape index (κ3) is 4.01. The zero-order valence-corrected chi connectivity index (χ0v) is 12.5. The molecule has 1 rings (SSSR count). The van der Waals surface area contributed by atoms with Crippen molar-refractivity contribution in [2.24, 2.45) is 0 Å². The smallest absolute Gasteiger partial charge is 0.305 e. The average Bonchev–Trinajstić information content (AvgIpc) is 2.37. The Hall–Kier alpha value is -1.47. The average molecular weight is 303 g/mol. The number of carbonyl (C=O) groups excluding carboxylic acids is 1. The van der Waals surface area contributed by atoms with Crippen molar-refractivity contribution in [1.82, 2.24) is 4.31 Å². The van der Waals surface area contributed by atoms with Gasteiger partial charge in [-0.05, 0) is 37.1 Å². The predicted octanol–water partition coefficient (Wildman–Crippen LogP) is 1.71. The summed E-state index contributed by atoms with van der Waals surface area (Å²) in [6, 6.07) is 3.54. The van der Waals surface area contributed by atoms with Crippen molar-refractivity contribution in [3.63, 3.8) is 0 Å². The second-order valence-corrected chi connectivity index (χ2v) is 6.43. The molecule has 112 valence electrons. The highest BCUT2D eigenvalue weighted by Gasteiger charge is 2.22. The van der Waals surface area contributed by atoms with Crippen LogP contribution in [-0.2, 0) is 19.6 Å². The Labute approximate surface area is 118 Å².